The number of Topliss-reactive ketones (excluding diaryl/α,β-unsaturated/α-hetero) is 1. The molecular weight excluding hydrogens is 438 g/mol. The van der Waals surface area contributed by atoms with Crippen molar-refractivity contribution in [3.05, 3.63) is 71.4 Å². The van der Waals surface area contributed by atoms with Crippen molar-refractivity contribution in [1.29, 1.82) is 0 Å². The lowest BCUT2D eigenvalue weighted by molar-refractivity contribution is -0.114. The Hall–Kier alpha value is -3.03. The summed E-state index contributed by atoms with van der Waals surface area (Å²) in [6.07, 6.45) is 2.56. The minimum atomic E-state index is -0.324. The minimum Gasteiger partial charge on any atom is -0.326 e. The highest BCUT2D eigenvalue weighted by molar-refractivity contribution is 8.00. The second kappa shape index (κ2) is 9.63. The van der Waals surface area contributed by atoms with E-state index in [9.17, 15) is 9.59 Å². The Morgan fingerprint density at radius 3 is 2.44 bits per heavy atom. The van der Waals surface area contributed by atoms with Crippen LogP contribution >= 0.6 is 23.1 Å². The molecule has 0 aliphatic carbocycles. The number of rotatable bonds is 7. The van der Waals surface area contributed by atoms with Gasteiger partial charge in [0.25, 0.3) is 0 Å². The number of thiophene rings is 1. The number of nitrogens with zero attached hydrogens (tertiary/aromatic N) is 2. The number of amides is 1. The zero-order chi connectivity index (χ0) is 22.7. The standard InChI is InChI=1S/C25H23N3O2S2/c1-4-17-5-7-18(8-6-17)21-13-31-24-22(21)25(27-14-26-24)32-15(2)23(30)19-9-11-20(12-10-19)28-16(3)29/h5-15H,4H2,1-3H3,(H,28,29). The quantitative estimate of drug-likeness (QED) is 0.200. The Morgan fingerprint density at radius 1 is 1.06 bits per heavy atom. The van der Waals surface area contributed by atoms with Crippen molar-refractivity contribution in [2.45, 2.75) is 37.5 Å². The smallest absolute Gasteiger partial charge is 0.221 e. The van der Waals surface area contributed by atoms with Crippen LogP contribution in [0.3, 0.4) is 0 Å². The topological polar surface area (TPSA) is 72.0 Å². The fourth-order valence-corrected chi connectivity index (χ4v) is 5.44. The van der Waals surface area contributed by atoms with Gasteiger partial charge in [-0.25, -0.2) is 9.97 Å². The molecule has 0 saturated carbocycles. The van der Waals surface area contributed by atoms with Crippen molar-refractivity contribution in [2.75, 3.05) is 5.32 Å². The van der Waals surface area contributed by atoms with Crippen LogP contribution in [0.4, 0.5) is 5.69 Å². The summed E-state index contributed by atoms with van der Waals surface area (Å²) in [5.74, 6) is -0.128. The van der Waals surface area contributed by atoms with Gasteiger partial charge in [0.1, 0.15) is 16.2 Å². The van der Waals surface area contributed by atoms with Crippen molar-refractivity contribution < 1.29 is 9.59 Å². The van der Waals surface area contributed by atoms with Crippen LogP contribution in [0.25, 0.3) is 21.3 Å². The number of thioether (sulfide) groups is 1. The second-order valence-electron chi connectivity index (χ2n) is 7.44. The molecular formula is C25H23N3O2S2. The third-order valence-corrected chi connectivity index (χ3v) is 7.14. The highest BCUT2D eigenvalue weighted by Gasteiger charge is 2.21. The summed E-state index contributed by atoms with van der Waals surface area (Å²) in [6, 6.07) is 15.5. The minimum absolute atomic E-state index is 0.0141. The second-order valence-corrected chi connectivity index (χ2v) is 9.63. The Bertz CT molecular complexity index is 1260. The summed E-state index contributed by atoms with van der Waals surface area (Å²) in [7, 11) is 0. The number of hydrogen-bond acceptors (Lipinski definition) is 6. The van der Waals surface area contributed by atoms with Gasteiger partial charge in [0.05, 0.1) is 10.6 Å². The van der Waals surface area contributed by atoms with E-state index >= 15 is 0 Å². The lowest BCUT2D eigenvalue weighted by atomic mass is 10.0. The van der Waals surface area contributed by atoms with Gasteiger partial charge in [0.15, 0.2) is 5.78 Å². The van der Waals surface area contributed by atoms with Gasteiger partial charge in [-0.3, -0.25) is 9.59 Å². The number of hydrogen-bond donors (Lipinski definition) is 1. The fourth-order valence-electron chi connectivity index (χ4n) is 3.45. The molecule has 0 aliphatic heterocycles. The van der Waals surface area contributed by atoms with E-state index < -0.39 is 0 Å². The Labute approximate surface area is 195 Å². The van der Waals surface area contributed by atoms with Crippen LogP contribution in [-0.2, 0) is 11.2 Å². The maximum atomic E-state index is 13.0. The van der Waals surface area contributed by atoms with Crippen LogP contribution < -0.4 is 5.32 Å². The molecule has 0 fully saturated rings. The van der Waals surface area contributed by atoms with Crippen molar-refractivity contribution >= 4 is 50.7 Å². The van der Waals surface area contributed by atoms with Crippen molar-refractivity contribution in [3.63, 3.8) is 0 Å². The predicted molar refractivity (Wildman–Crippen MR) is 133 cm³/mol. The number of ketones is 1. The van der Waals surface area contributed by atoms with Gasteiger partial charge >= 0.3 is 0 Å². The van der Waals surface area contributed by atoms with E-state index in [1.807, 2.05) is 6.92 Å². The van der Waals surface area contributed by atoms with Gasteiger partial charge in [0, 0.05) is 29.1 Å². The predicted octanol–water partition coefficient (Wildman–Crippen LogP) is 6.24. The largest absolute Gasteiger partial charge is 0.326 e. The normalized spacial score (nSPS) is 12.0. The van der Waals surface area contributed by atoms with E-state index in [4.69, 9.17) is 0 Å². The average Bonchev–Trinajstić information content (AvgIpc) is 3.24. The molecule has 2 aromatic heterocycles. The fraction of sp³-hybridized carbons (Fsp3) is 0.200. The highest BCUT2D eigenvalue weighted by atomic mass is 32.2. The molecule has 0 aliphatic rings. The average molecular weight is 462 g/mol. The zero-order valence-electron chi connectivity index (χ0n) is 18.1. The van der Waals surface area contributed by atoms with Gasteiger partial charge in [-0.1, -0.05) is 43.0 Å². The summed E-state index contributed by atoms with van der Waals surface area (Å²) in [5.41, 5.74) is 4.78. The summed E-state index contributed by atoms with van der Waals surface area (Å²) in [6.45, 7) is 5.49. The Morgan fingerprint density at radius 2 is 1.78 bits per heavy atom. The van der Waals surface area contributed by atoms with Gasteiger partial charge in [-0.05, 0) is 48.7 Å². The Balaban J connectivity index is 1.60. The molecule has 162 valence electrons. The lowest BCUT2D eigenvalue weighted by Gasteiger charge is -2.12. The van der Waals surface area contributed by atoms with Crippen LogP contribution in [0, 0.1) is 0 Å². The van der Waals surface area contributed by atoms with E-state index in [-0.39, 0.29) is 16.9 Å². The first kappa shape index (κ1) is 22.2. The number of nitrogens with one attached hydrogen (secondary N) is 1. The van der Waals surface area contributed by atoms with E-state index in [1.165, 1.54) is 24.2 Å². The van der Waals surface area contributed by atoms with E-state index in [0.717, 1.165) is 32.8 Å². The van der Waals surface area contributed by atoms with Crippen molar-refractivity contribution in [2.24, 2.45) is 0 Å². The molecule has 1 amide bonds. The molecule has 1 atom stereocenters. The number of anilines is 1. The van der Waals surface area contributed by atoms with E-state index in [2.05, 4.69) is 51.9 Å². The molecule has 32 heavy (non-hydrogen) atoms. The van der Waals surface area contributed by atoms with Crippen LogP contribution in [-0.4, -0.2) is 26.9 Å². The number of benzene rings is 2. The molecule has 1 unspecified atom stereocenters. The third kappa shape index (κ3) is 4.74. The summed E-state index contributed by atoms with van der Waals surface area (Å²) in [5, 5.41) is 6.30. The highest BCUT2D eigenvalue weighted by Crippen LogP contribution is 2.39. The molecule has 4 aromatic rings. The lowest BCUT2D eigenvalue weighted by Crippen LogP contribution is -2.14. The molecule has 0 saturated heterocycles. The first-order valence-electron chi connectivity index (χ1n) is 10.4. The summed E-state index contributed by atoms with van der Waals surface area (Å²) < 4.78 is 0. The van der Waals surface area contributed by atoms with Gasteiger partial charge in [-0.2, -0.15) is 0 Å². The molecule has 5 nitrogen and oxygen atoms in total. The zero-order valence-corrected chi connectivity index (χ0v) is 19.7. The summed E-state index contributed by atoms with van der Waals surface area (Å²) >= 11 is 3.04. The molecule has 0 bridgehead atoms. The molecule has 1 N–H and O–H groups in total. The van der Waals surface area contributed by atoms with Gasteiger partial charge in [0.2, 0.25) is 5.91 Å². The van der Waals surface area contributed by atoms with Gasteiger partial charge < -0.3 is 5.32 Å². The molecule has 0 radical (unpaired) electrons. The number of aromatic nitrogens is 2. The monoisotopic (exact) mass is 461 g/mol. The van der Waals surface area contributed by atoms with Crippen molar-refractivity contribution in [1.82, 2.24) is 9.97 Å². The maximum Gasteiger partial charge on any atom is 0.221 e. The Kier molecular flexibility index (Phi) is 6.67. The van der Waals surface area contributed by atoms with Crippen LogP contribution in [0.2, 0.25) is 0 Å². The first-order valence-corrected chi connectivity index (χ1v) is 12.1. The molecule has 2 heterocycles. The number of carbonyl (C=O) groups excluding carboxylic acids is 2. The SMILES string of the molecule is CCc1ccc(-c2csc3ncnc(SC(C)C(=O)c4ccc(NC(C)=O)cc4)c23)cc1. The van der Waals surface area contributed by atoms with Crippen LogP contribution in [0.5, 0.6) is 0 Å². The molecule has 0 spiro atoms. The number of aryl methyl sites for hydroxylation is 1. The maximum absolute atomic E-state index is 13.0. The number of fused-ring (bicyclic) bond motifs is 1. The summed E-state index contributed by atoms with van der Waals surface area (Å²) in [4.78, 5) is 34.1. The molecule has 2 aromatic carbocycles. The van der Waals surface area contributed by atoms with Crippen molar-refractivity contribution in [3.8, 4) is 11.1 Å². The molecule has 7 heteroatoms. The van der Waals surface area contributed by atoms with Crippen LogP contribution in [0.1, 0.15) is 36.7 Å². The van der Waals surface area contributed by atoms with Gasteiger partial charge in [-0.15, -0.1) is 11.3 Å². The third-order valence-electron chi connectivity index (χ3n) is 5.16. The number of carbonyl (C=O) groups is 2. The molecule has 4 rings (SSSR count). The van der Waals surface area contributed by atoms with E-state index in [1.54, 1.807) is 41.9 Å². The van der Waals surface area contributed by atoms with E-state index in [0.29, 0.717) is 11.3 Å². The van der Waals surface area contributed by atoms with Crippen LogP contribution in [0.15, 0.2) is 65.3 Å². The first-order chi connectivity index (χ1) is 15.5.